The maximum Gasteiger partial charge on any atom is 0.196 e. The van der Waals surface area contributed by atoms with E-state index in [1.54, 1.807) is 12.1 Å². The predicted molar refractivity (Wildman–Crippen MR) is 84.0 cm³/mol. The summed E-state index contributed by atoms with van der Waals surface area (Å²) >= 11 is 0. The topological polar surface area (TPSA) is 41.6 Å². The zero-order chi connectivity index (χ0) is 15.0. The van der Waals surface area contributed by atoms with Crippen molar-refractivity contribution in [2.75, 3.05) is 11.4 Å². The van der Waals surface area contributed by atoms with Crippen molar-refractivity contribution < 1.29 is 4.39 Å². The Balaban J connectivity index is 2.05. The van der Waals surface area contributed by atoms with E-state index in [0.29, 0.717) is 12.5 Å². The van der Waals surface area contributed by atoms with Gasteiger partial charge < -0.3 is 10.6 Å². The highest BCUT2D eigenvalue weighted by Crippen LogP contribution is 2.34. The summed E-state index contributed by atoms with van der Waals surface area (Å²) in [7, 11) is 0. The lowest BCUT2D eigenvalue weighted by molar-refractivity contribution is 0.627. The smallest absolute Gasteiger partial charge is 0.196 e. The van der Waals surface area contributed by atoms with Crippen LogP contribution in [-0.2, 0) is 0 Å². The van der Waals surface area contributed by atoms with E-state index < -0.39 is 0 Å². The maximum absolute atomic E-state index is 13.1. The minimum absolute atomic E-state index is 0.0664. The second kappa shape index (κ2) is 5.20. The Hall–Kier alpha value is -2.36. The first-order valence-corrected chi connectivity index (χ1v) is 6.99. The first kappa shape index (κ1) is 13.6. The molecule has 1 aliphatic heterocycles. The first-order chi connectivity index (χ1) is 10.1. The lowest BCUT2D eigenvalue weighted by atomic mass is 9.95. The number of halogens is 1. The van der Waals surface area contributed by atoms with Gasteiger partial charge in [-0.3, -0.25) is 4.99 Å². The monoisotopic (exact) mass is 283 g/mol. The fraction of sp³-hybridized carbons (Fsp3) is 0.235. The highest BCUT2D eigenvalue weighted by molar-refractivity contribution is 5.97. The third kappa shape index (κ3) is 2.37. The van der Waals surface area contributed by atoms with Crippen molar-refractivity contribution >= 4 is 11.6 Å². The van der Waals surface area contributed by atoms with Crippen molar-refractivity contribution in [3.63, 3.8) is 0 Å². The summed E-state index contributed by atoms with van der Waals surface area (Å²) in [6.07, 6.45) is 0. The van der Waals surface area contributed by atoms with E-state index in [9.17, 15) is 4.39 Å². The molecule has 0 saturated heterocycles. The molecular weight excluding hydrogens is 265 g/mol. The Labute approximate surface area is 123 Å². The molecule has 0 aliphatic carbocycles. The number of hydrogen-bond acceptors (Lipinski definition) is 3. The number of aryl methyl sites for hydroxylation is 2. The molecule has 1 aliphatic rings. The van der Waals surface area contributed by atoms with Gasteiger partial charge in [0.05, 0.1) is 12.6 Å². The van der Waals surface area contributed by atoms with Gasteiger partial charge in [-0.2, -0.15) is 0 Å². The quantitative estimate of drug-likeness (QED) is 0.918. The molecule has 0 bridgehead atoms. The van der Waals surface area contributed by atoms with E-state index >= 15 is 0 Å². The predicted octanol–water partition coefficient (Wildman–Crippen LogP) is 3.32. The van der Waals surface area contributed by atoms with E-state index in [4.69, 9.17) is 5.73 Å². The summed E-state index contributed by atoms with van der Waals surface area (Å²) in [4.78, 5) is 6.36. The number of anilines is 1. The van der Waals surface area contributed by atoms with Gasteiger partial charge in [-0.25, -0.2) is 4.39 Å². The fourth-order valence-electron chi connectivity index (χ4n) is 2.98. The molecule has 2 aromatic rings. The highest BCUT2D eigenvalue weighted by atomic mass is 19.1. The zero-order valence-electron chi connectivity index (χ0n) is 12.2. The number of rotatable bonds is 2. The summed E-state index contributed by atoms with van der Waals surface area (Å²) < 4.78 is 13.1. The molecule has 0 fully saturated rings. The molecule has 108 valence electrons. The van der Waals surface area contributed by atoms with E-state index in [2.05, 4.69) is 37.0 Å². The number of guanidine groups is 1. The Bertz CT molecular complexity index is 671. The first-order valence-electron chi connectivity index (χ1n) is 6.99. The van der Waals surface area contributed by atoms with Crippen LogP contribution in [0.15, 0.2) is 47.5 Å². The second-order valence-electron chi connectivity index (χ2n) is 5.37. The molecule has 0 aromatic heterocycles. The number of aliphatic imine (C=N–C) groups is 1. The molecule has 0 radical (unpaired) electrons. The molecule has 21 heavy (non-hydrogen) atoms. The molecule has 1 atom stereocenters. The largest absolute Gasteiger partial charge is 0.369 e. The van der Waals surface area contributed by atoms with Crippen LogP contribution in [0.1, 0.15) is 22.7 Å². The van der Waals surface area contributed by atoms with Crippen LogP contribution in [0.4, 0.5) is 10.1 Å². The molecule has 2 aromatic carbocycles. The van der Waals surface area contributed by atoms with Gasteiger partial charge >= 0.3 is 0 Å². The standard InChI is InChI=1S/C17H18FN3/c1-11-4-3-5-12(2)16(11)15-10-20-17(19)21(15)14-8-6-13(18)7-9-14/h3-9,15H,10H2,1-2H3,(H2,19,20). The zero-order valence-corrected chi connectivity index (χ0v) is 12.2. The van der Waals surface area contributed by atoms with Gasteiger partial charge in [0.1, 0.15) is 5.82 Å². The minimum Gasteiger partial charge on any atom is -0.369 e. The van der Waals surface area contributed by atoms with E-state index in [0.717, 1.165) is 5.69 Å². The minimum atomic E-state index is -0.253. The summed E-state index contributed by atoms with van der Waals surface area (Å²) in [6, 6.07) is 12.7. The van der Waals surface area contributed by atoms with E-state index in [1.807, 2.05) is 4.90 Å². The van der Waals surface area contributed by atoms with Gasteiger partial charge in [0.2, 0.25) is 0 Å². The van der Waals surface area contributed by atoms with Gasteiger partial charge in [0, 0.05) is 5.69 Å². The summed E-state index contributed by atoms with van der Waals surface area (Å²) in [6.45, 7) is 4.81. The molecule has 3 rings (SSSR count). The Morgan fingerprint density at radius 1 is 1.10 bits per heavy atom. The van der Waals surface area contributed by atoms with Gasteiger partial charge in [-0.05, 0) is 54.8 Å². The van der Waals surface area contributed by atoms with Crippen molar-refractivity contribution in [2.45, 2.75) is 19.9 Å². The van der Waals surface area contributed by atoms with Crippen LogP contribution in [0.5, 0.6) is 0 Å². The van der Waals surface area contributed by atoms with Gasteiger partial charge in [0.15, 0.2) is 5.96 Å². The van der Waals surface area contributed by atoms with Gasteiger partial charge in [-0.1, -0.05) is 18.2 Å². The van der Waals surface area contributed by atoms with Crippen LogP contribution in [-0.4, -0.2) is 12.5 Å². The molecule has 0 spiro atoms. The molecule has 3 nitrogen and oxygen atoms in total. The number of hydrogen-bond donors (Lipinski definition) is 1. The molecule has 0 amide bonds. The Morgan fingerprint density at radius 3 is 2.33 bits per heavy atom. The van der Waals surface area contributed by atoms with Crippen LogP contribution >= 0.6 is 0 Å². The molecule has 1 unspecified atom stereocenters. The molecule has 1 heterocycles. The van der Waals surface area contributed by atoms with Crippen molar-refractivity contribution in [1.29, 1.82) is 0 Å². The van der Waals surface area contributed by atoms with E-state index in [-0.39, 0.29) is 11.9 Å². The number of benzene rings is 2. The summed E-state index contributed by atoms with van der Waals surface area (Å²) in [5, 5.41) is 0. The van der Waals surface area contributed by atoms with Crippen molar-refractivity contribution in [3.05, 3.63) is 65.0 Å². The lowest BCUT2D eigenvalue weighted by Gasteiger charge is -2.28. The molecule has 2 N–H and O–H groups in total. The third-order valence-electron chi connectivity index (χ3n) is 3.96. The Kier molecular flexibility index (Phi) is 3.37. The van der Waals surface area contributed by atoms with Crippen molar-refractivity contribution in [1.82, 2.24) is 0 Å². The molecule has 4 heteroatoms. The molecular formula is C17H18FN3. The van der Waals surface area contributed by atoms with Crippen LogP contribution in [0.2, 0.25) is 0 Å². The van der Waals surface area contributed by atoms with Gasteiger partial charge in [0.25, 0.3) is 0 Å². The van der Waals surface area contributed by atoms with Crippen LogP contribution in [0.3, 0.4) is 0 Å². The van der Waals surface area contributed by atoms with Gasteiger partial charge in [-0.15, -0.1) is 0 Å². The number of nitrogens with two attached hydrogens (primary N) is 1. The number of nitrogens with zero attached hydrogens (tertiary/aromatic N) is 2. The summed E-state index contributed by atoms with van der Waals surface area (Å²) in [5.41, 5.74) is 10.6. The second-order valence-corrected chi connectivity index (χ2v) is 5.37. The molecule has 0 saturated carbocycles. The fourth-order valence-corrected chi connectivity index (χ4v) is 2.98. The average Bonchev–Trinajstić information content (AvgIpc) is 2.82. The average molecular weight is 283 g/mol. The SMILES string of the molecule is Cc1cccc(C)c1C1CN=C(N)N1c1ccc(F)cc1. The lowest BCUT2D eigenvalue weighted by Crippen LogP contribution is -2.36. The highest BCUT2D eigenvalue weighted by Gasteiger charge is 2.30. The third-order valence-corrected chi connectivity index (χ3v) is 3.96. The van der Waals surface area contributed by atoms with Crippen LogP contribution in [0.25, 0.3) is 0 Å². The Morgan fingerprint density at radius 2 is 1.71 bits per heavy atom. The van der Waals surface area contributed by atoms with Crippen molar-refractivity contribution in [3.8, 4) is 0 Å². The normalized spacial score (nSPS) is 18.0. The van der Waals surface area contributed by atoms with Crippen LogP contribution in [0, 0.1) is 19.7 Å². The van der Waals surface area contributed by atoms with Crippen molar-refractivity contribution in [2.24, 2.45) is 10.7 Å². The maximum atomic E-state index is 13.1. The van der Waals surface area contributed by atoms with Crippen LogP contribution < -0.4 is 10.6 Å². The summed E-state index contributed by atoms with van der Waals surface area (Å²) in [5.74, 6) is 0.228. The van der Waals surface area contributed by atoms with E-state index in [1.165, 1.54) is 28.8 Å².